The van der Waals surface area contributed by atoms with Crippen LogP contribution in [-0.2, 0) is 4.79 Å². The molecule has 134 valence electrons. The van der Waals surface area contributed by atoms with Crippen molar-refractivity contribution in [2.45, 2.75) is 25.7 Å². The van der Waals surface area contributed by atoms with E-state index in [4.69, 9.17) is 4.74 Å². The lowest BCUT2D eigenvalue weighted by Gasteiger charge is -2.22. The first-order chi connectivity index (χ1) is 11.1. The quantitative estimate of drug-likeness (QED) is 0.734. The number of piperidine rings is 1. The first kappa shape index (κ1) is 20.4. The predicted molar refractivity (Wildman–Crippen MR) is 92.4 cm³/mol. The molecule has 1 aliphatic rings. The van der Waals surface area contributed by atoms with Gasteiger partial charge in [0.25, 0.3) is 0 Å². The number of carbonyl (C=O) groups is 2. The molecular formula is C17H24ClFN2O3. The summed E-state index contributed by atoms with van der Waals surface area (Å²) in [4.78, 5) is 23.8. The van der Waals surface area contributed by atoms with Crippen LogP contribution >= 0.6 is 12.4 Å². The average Bonchev–Trinajstić information content (AvgIpc) is 2.58. The maximum atomic E-state index is 13.6. The molecule has 0 saturated carbocycles. The summed E-state index contributed by atoms with van der Waals surface area (Å²) < 4.78 is 18.4. The molecule has 1 aromatic rings. The van der Waals surface area contributed by atoms with E-state index in [1.807, 2.05) is 0 Å². The first-order valence-corrected chi connectivity index (χ1v) is 7.94. The van der Waals surface area contributed by atoms with Crippen molar-refractivity contribution in [1.82, 2.24) is 10.6 Å². The number of hydrogen-bond acceptors (Lipinski definition) is 4. The fourth-order valence-corrected chi connectivity index (χ4v) is 2.66. The minimum Gasteiger partial charge on any atom is -0.494 e. The lowest BCUT2D eigenvalue weighted by atomic mass is 9.99. The Balaban J connectivity index is 0.00000288. The van der Waals surface area contributed by atoms with Crippen molar-refractivity contribution in [1.29, 1.82) is 0 Å². The predicted octanol–water partition coefficient (Wildman–Crippen LogP) is 2.33. The lowest BCUT2D eigenvalue weighted by Crippen LogP contribution is -2.38. The highest BCUT2D eigenvalue weighted by Crippen LogP contribution is 2.18. The first-order valence-electron chi connectivity index (χ1n) is 7.94. The van der Waals surface area contributed by atoms with Crippen LogP contribution in [0.25, 0.3) is 0 Å². The number of amides is 1. The SMILES string of the molecule is COc1ccc(C(=O)CCC(=O)NCC2CCCNC2)cc1F.Cl. The third-order valence-electron chi connectivity index (χ3n) is 4.04. The summed E-state index contributed by atoms with van der Waals surface area (Å²) in [6.45, 7) is 2.60. The van der Waals surface area contributed by atoms with Crippen molar-refractivity contribution in [2.75, 3.05) is 26.7 Å². The Kier molecular flexibility index (Phi) is 8.71. The number of Topliss-reactive ketones (excluding diaryl/α,β-unsaturated/α-hetero) is 1. The number of halogens is 2. The number of ketones is 1. The van der Waals surface area contributed by atoms with Gasteiger partial charge in [-0.3, -0.25) is 9.59 Å². The Morgan fingerprint density at radius 1 is 1.38 bits per heavy atom. The number of hydrogen-bond donors (Lipinski definition) is 2. The van der Waals surface area contributed by atoms with E-state index in [1.165, 1.54) is 19.2 Å². The summed E-state index contributed by atoms with van der Waals surface area (Å²) in [7, 11) is 1.37. The van der Waals surface area contributed by atoms with Crippen molar-refractivity contribution in [2.24, 2.45) is 5.92 Å². The average molecular weight is 359 g/mol. The lowest BCUT2D eigenvalue weighted by molar-refractivity contribution is -0.121. The van der Waals surface area contributed by atoms with Gasteiger partial charge < -0.3 is 15.4 Å². The molecule has 1 heterocycles. The van der Waals surface area contributed by atoms with Gasteiger partial charge in [0.05, 0.1) is 7.11 Å². The van der Waals surface area contributed by atoms with Gasteiger partial charge in [0.15, 0.2) is 17.3 Å². The van der Waals surface area contributed by atoms with Gasteiger partial charge >= 0.3 is 0 Å². The zero-order chi connectivity index (χ0) is 16.7. The van der Waals surface area contributed by atoms with Gasteiger partial charge in [0, 0.05) is 24.9 Å². The molecule has 0 aromatic heterocycles. The van der Waals surface area contributed by atoms with Gasteiger partial charge in [-0.05, 0) is 50.0 Å². The number of rotatable bonds is 7. The number of carbonyl (C=O) groups excluding carboxylic acids is 2. The minimum atomic E-state index is -0.576. The second-order valence-electron chi connectivity index (χ2n) is 5.79. The molecule has 2 N–H and O–H groups in total. The van der Waals surface area contributed by atoms with Gasteiger partial charge in [0.1, 0.15) is 0 Å². The van der Waals surface area contributed by atoms with E-state index in [2.05, 4.69) is 10.6 Å². The zero-order valence-electron chi connectivity index (χ0n) is 13.8. The second-order valence-corrected chi connectivity index (χ2v) is 5.79. The number of methoxy groups -OCH3 is 1. The van der Waals surface area contributed by atoms with Crippen LogP contribution in [-0.4, -0.2) is 38.4 Å². The third kappa shape index (κ3) is 6.09. The van der Waals surface area contributed by atoms with Crippen molar-refractivity contribution < 1.29 is 18.7 Å². The van der Waals surface area contributed by atoms with Gasteiger partial charge in [-0.1, -0.05) is 0 Å². The summed E-state index contributed by atoms with van der Waals surface area (Å²) in [5.74, 6) is -0.411. The summed E-state index contributed by atoms with van der Waals surface area (Å²) in [5, 5.41) is 6.16. The molecule has 1 saturated heterocycles. The minimum absolute atomic E-state index is 0. The molecule has 1 atom stereocenters. The summed E-state index contributed by atoms with van der Waals surface area (Å²) in [6.07, 6.45) is 2.42. The standard InChI is InChI=1S/C17H23FN2O3.ClH/c1-23-16-6-4-13(9-14(16)18)15(21)5-7-17(22)20-11-12-3-2-8-19-10-12;/h4,6,9,12,19H,2-3,5,7-8,10-11H2,1H3,(H,20,22);1H. The molecule has 1 fully saturated rings. The second kappa shape index (κ2) is 10.3. The Morgan fingerprint density at radius 3 is 2.79 bits per heavy atom. The molecule has 0 bridgehead atoms. The van der Waals surface area contributed by atoms with Crippen LogP contribution in [0.4, 0.5) is 4.39 Å². The summed E-state index contributed by atoms with van der Waals surface area (Å²) >= 11 is 0. The highest BCUT2D eigenvalue weighted by Gasteiger charge is 2.15. The Hall–Kier alpha value is -1.66. The van der Waals surface area contributed by atoms with E-state index in [0.717, 1.165) is 32.0 Å². The van der Waals surface area contributed by atoms with E-state index in [-0.39, 0.29) is 48.3 Å². The molecule has 1 amide bonds. The third-order valence-corrected chi connectivity index (χ3v) is 4.04. The van der Waals surface area contributed by atoms with Crippen LogP contribution in [0.1, 0.15) is 36.0 Å². The number of benzene rings is 1. The highest BCUT2D eigenvalue weighted by atomic mass is 35.5. The Labute approximate surface area is 147 Å². The van der Waals surface area contributed by atoms with Crippen LogP contribution in [0, 0.1) is 11.7 Å². The van der Waals surface area contributed by atoms with E-state index in [1.54, 1.807) is 0 Å². The summed E-state index contributed by atoms with van der Waals surface area (Å²) in [5.41, 5.74) is 0.257. The van der Waals surface area contributed by atoms with E-state index in [0.29, 0.717) is 12.5 Å². The maximum absolute atomic E-state index is 13.6. The van der Waals surface area contributed by atoms with Gasteiger partial charge in [-0.2, -0.15) is 0 Å². The molecule has 0 spiro atoms. The van der Waals surface area contributed by atoms with Crippen LogP contribution in [0.5, 0.6) is 5.75 Å². The molecule has 2 rings (SSSR count). The molecule has 0 aliphatic carbocycles. The zero-order valence-corrected chi connectivity index (χ0v) is 14.6. The highest BCUT2D eigenvalue weighted by molar-refractivity contribution is 5.98. The molecule has 1 aliphatic heterocycles. The van der Waals surface area contributed by atoms with Crippen molar-refractivity contribution in [3.63, 3.8) is 0 Å². The molecule has 1 unspecified atom stereocenters. The fraction of sp³-hybridized carbons (Fsp3) is 0.529. The largest absolute Gasteiger partial charge is 0.494 e. The van der Waals surface area contributed by atoms with Gasteiger partial charge in [-0.15, -0.1) is 12.4 Å². The van der Waals surface area contributed by atoms with E-state index < -0.39 is 5.82 Å². The molecule has 7 heteroatoms. The van der Waals surface area contributed by atoms with Crippen LogP contribution in [0.3, 0.4) is 0 Å². The van der Waals surface area contributed by atoms with E-state index in [9.17, 15) is 14.0 Å². The maximum Gasteiger partial charge on any atom is 0.220 e. The monoisotopic (exact) mass is 358 g/mol. The number of ether oxygens (including phenoxy) is 1. The van der Waals surface area contributed by atoms with Crippen molar-refractivity contribution >= 4 is 24.1 Å². The van der Waals surface area contributed by atoms with Crippen molar-refractivity contribution in [3.8, 4) is 5.75 Å². The molecule has 0 radical (unpaired) electrons. The fourth-order valence-electron chi connectivity index (χ4n) is 2.66. The van der Waals surface area contributed by atoms with Gasteiger partial charge in [0.2, 0.25) is 5.91 Å². The van der Waals surface area contributed by atoms with Crippen molar-refractivity contribution in [3.05, 3.63) is 29.6 Å². The van der Waals surface area contributed by atoms with Crippen LogP contribution in [0.2, 0.25) is 0 Å². The van der Waals surface area contributed by atoms with Crippen LogP contribution < -0.4 is 15.4 Å². The van der Waals surface area contributed by atoms with E-state index >= 15 is 0 Å². The summed E-state index contributed by atoms with van der Waals surface area (Å²) in [6, 6.07) is 4.07. The smallest absolute Gasteiger partial charge is 0.220 e. The number of nitrogens with one attached hydrogen (secondary N) is 2. The Morgan fingerprint density at radius 2 is 2.17 bits per heavy atom. The van der Waals surface area contributed by atoms with Gasteiger partial charge in [-0.25, -0.2) is 4.39 Å². The molecule has 24 heavy (non-hydrogen) atoms. The normalized spacial score (nSPS) is 16.8. The Bertz CT molecular complexity index is 563. The van der Waals surface area contributed by atoms with Crippen LogP contribution in [0.15, 0.2) is 18.2 Å². The molecular weight excluding hydrogens is 335 g/mol. The molecule has 1 aromatic carbocycles. The molecule has 5 nitrogen and oxygen atoms in total. The topological polar surface area (TPSA) is 67.4 Å².